The SMILES string of the molecule is CCc1nc(CC(=O)NC(C)COc2ccc(F)cc2)cs1. The smallest absolute Gasteiger partial charge is 0.226 e. The van der Waals surface area contributed by atoms with Gasteiger partial charge in [-0.3, -0.25) is 4.79 Å². The number of carbonyl (C=O) groups excluding carboxylic acids is 1. The van der Waals surface area contributed by atoms with Gasteiger partial charge in [-0.15, -0.1) is 11.3 Å². The maximum Gasteiger partial charge on any atom is 0.226 e. The second-order valence-electron chi connectivity index (χ2n) is 5.00. The number of rotatable bonds is 7. The highest BCUT2D eigenvalue weighted by atomic mass is 32.1. The summed E-state index contributed by atoms with van der Waals surface area (Å²) >= 11 is 1.57. The molecule has 4 nitrogen and oxygen atoms in total. The van der Waals surface area contributed by atoms with Crippen molar-refractivity contribution >= 4 is 17.2 Å². The molecule has 0 aliphatic heterocycles. The quantitative estimate of drug-likeness (QED) is 0.852. The molecule has 1 amide bonds. The minimum absolute atomic E-state index is 0.0804. The molecule has 2 rings (SSSR count). The molecule has 1 aromatic carbocycles. The van der Waals surface area contributed by atoms with Crippen molar-refractivity contribution in [3.8, 4) is 5.75 Å². The monoisotopic (exact) mass is 322 g/mol. The van der Waals surface area contributed by atoms with Crippen LogP contribution in [0.3, 0.4) is 0 Å². The number of aryl methyl sites for hydroxylation is 1. The van der Waals surface area contributed by atoms with Gasteiger partial charge in [0.15, 0.2) is 0 Å². The van der Waals surface area contributed by atoms with Crippen molar-refractivity contribution in [2.45, 2.75) is 32.7 Å². The van der Waals surface area contributed by atoms with Gasteiger partial charge in [-0.05, 0) is 37.6 Å². The molecule has 0 saturated heterocycles. The minimum Gasteiger partial charge on any atom is -0.491 e. The van der Waals surface area contributed by atoms with Gasteiger partial charge in [0.1, 0.15) is 18.2 Å². The van der Waals surface area contributed by atoms with E-state index in [4.69, 9.17) is 4.74 Å². The Morgan fingerprint density at radius 2 is 2.14 bits per heavy atom. The van der Waals surface area contributed by atoms with Crippen LogP contribution < -0.4 is 10.1 Å². The lowest BCUT2D eigenvalue weighted by atomic mass is 10.3. The van der Waals surface area contributed by atoms with Crippen LogP contribution in [0.1, 0.15) is 24.5 Å². The Bertz CT molecular complexity index is 613. The van der Waals surface area contributed by atoms with Crippen molar-refractivity contribution in [2.75, 3.05) is 6.61 Å². The first-order chi connectivity index (χ1) is 10.6. The third kappa shape index (κ3) is 5.11. The van der Waals surface area contributed by atoms with Crippen molar-refractivity contribution in [2.24, 2.45) is 0 Å². The number of thiazole rings is 1. The van der Waals surface area contributed by atoms with Crippen LogP contribution in [0.5, 0.6) is 5.75 Å². The van der Waals surface area contributed by atoms with E-state index >= 15 is 0 Å². The van der Waals surface area contributed by atoms with Gasteiger partial charge in [0.2, 0.25) is 5.91 Å². The van der Waals surface area contributed by atoms with Crippen LogP contribution in [-0.4, -0.2) is 23.5 Å². The number of nitrogens with zero attached hydrogens (tertiary/aromatic N) is 1. The number of carbonyl (C=O) groups is 1. The lowest BCUT2D eigenvalue weighted by Crippen LogP contribution is -2.37. The number of ether oxygens (including phenoxy) is 1. The van der Waals surface area contributed by atoms with Crippen LogP contribution in [0.15, 0.2) is 29.6 Å². The first-order valence-electron chi connectivity index (χ1n) is 7.18. The molecule has 0 aliphatic carbocycles. The number of nitrogens with one attached hydrogen (secondary N) is 1. The maximum absolute atomic E-state index is 12.8. The summed E-state index contributed by atoms with van der Waals surface area (Å²) in [6.45, 7) is 4.23. The van der Waals surface area contributed by atoms with Gasteiger partial charge >= 0.3 is 0 Å². The van der Waals surface area contributed by atoms with Crippen molar-refractivity contribution in [1.29, 1.82) is 0 Å². The highest BCUT2D eigenvalue weighted by molar-refractivity contribution is 7.09. The van der Waals surface area contributed by atoms with E-state index in [0.29, 0.717) is 12.4 Å². The highest BCUT2D eigenvalue weighted by Gasteiger charge is 2.11. The van der Waals surface area contributed by atoms with Gasteiger partial charge < -0.3 is 10.1 Å². The van der Waals surface area contributed by atoms with Crippen molar-refractivity contribution in [3.05, 3.63) is 46.2 Å². The Hall–Kier alpha value is -1.95. The minimum atomic E-state index is -0.302. The zero-order valence-electron chi connectivity index (χ0n) is 12.6. The van der Waals surface area contributed by atoms with Crippen molar-refractivity contribution < 1.29 is 13.9 Å². The standard InChI is InChI=1S/C16H19FN2O2S/c1-3-16-19-13(10-22-16)8-15(20)18-11(2)9-21-14-6-4-12(17)5-7-14/h4-7,10-11H,3,8-9H2,1-2H3,(H,18,20). The molecule has 1 unspecified atom stereocenters. The molecule has 1 atom stereocenters. The second-order valence-corrected chi connectivity index (χ2v) is 5.94. The summed E-state index contributed by atoms with van der Waals surface area (Å²) in [5.74, 6) is 0.196. The van der Waals surface area contributed by atoms with Crippen LogP contribution in [0, 0.1) is 5.82 Å². The summed E-state index contributed by atoms with van der Waals surface area (Å²) in [5.41, 5.74) is 0.797. The Morgan fingerprint density at radius 1 is 1.41 bits per heavy atom. The Kier molecular flexibility index (Phi) is 5.89. The molecule has 118 valence electrons. The van der Waals surface area contributed by atoms with Crippen LogP contribution in [-0.2, 0) is 17.6 Å². The molecular formula is C16H19FN2O2S. The predicted octanol–water partition coefficient (Wildman–Crippen LogP) is 2.97. The number of benzene rings is 1. The zero-order chi connectivity index (χ0) is 15.9. The highest BCUT2D eigenvalue weighted by Crippen LogP contribution is 2.12. The van der Waals surface area contributed by atoms with Crippen LogP contribution in [0.25, 0.3) is 0 Å². The molecule has 2 aromatic rings. The third-order valence-electron chi connectivity index (χ3n) is 2.96. The van der Waals surface area contributed by atoms with Gasteiger partial charge in [-0.25, -0.2) is 9.37 Å². The molecule has 6 heteroatoms. The summed E-state index contributed by atoms with van der Waals surface area (Å²) in [5, 5.41) is 5.82. The van der Waals surface area contributed by atoms with E-state index in [1.807, 2.05) is 19.2 Å². The lowest BCUT2D eigenvalue weighted by Gasteiger charge is -2.14. The number of aromatic nitrogens is 1. The fourth-order valence-electron chi connectivity index (χ4n) is 1.88. The Balaban J connectivity index is 1.74. The van der Waals surface area contributed by atoms with Gasteiger partial charge in [0.25, 0.3) is 0 Å². The first kappa shape index (κ1) is 16.4. The first-order valence-corrected chi connectivity index (χ1v) is 8.05. The average molecular weight is 322 g/mol. The van der Waals surface area contributed by atoms with Gasteiger partial charge in [-0.2, -0.15) is 0 Å². The van der Waals surface area contributed by atoms with Crippen LogP contribution >= 0.6 is 11.3 Å². The van der Waals surface area contributed by atoms with E-state index in [2.05, 4.69) is 10.3 Å². The number of halogens is 1. The summed E-state index contributed by atoms with van der Waals surface area (Å²) < 4.78 is 18.3. The summed E-state index contributed by atoms with van der Waals surface area (Å²) in [6.07, 6.45) is 1.16. The third-order valence-corrected chi connectivity index (χ3v) is 4.01. The van der Waals surface area contributed by atoms with Gasteiger partial charge in [0, 0.05) is 5.38 Å². The van der Waals surface area contributed by atoms with Crippen LogP contribution in [0.4, 0.5) is 4.39 Å². The maximum atomic E-state index is 12.8. The molecule has 0 bridgehead atoms. The molecule has 0 radical (unpaired) electrons. The van der Waals surface area contributed by atoms with Crippen molar-refractivity contribution in [1.82, 2.24) is 10.3 Å². The fraction of sp³-hybridized carbons (Fsp3) is 0.375. The van der Waals surface area contributed by atoms with Gasteiger partial charge in [0.05, 0.1) is 23.2 Å². The van der Waals surface area contributed by atoms with Gasteiger partial charge in [-0.1, -0.05) is 6.92 Å². The second kappa shape index (κ2) is 7.89. The number of hydrogen-bond donors (Lipinski definition) is 1. The number of hydrogen-bond acceptors (Lipinski definition) is 4. The lowest BCUT2D eigenvalue weighted by molar-refractivity contribution is -0.121. The molecular weight excluding hydrogens is 303 g/mol. The van der Waals surface area contributed by atoms with Crippen LogP contribution in [0.2, 0.25) is 0 Å². The van der Waals surface area contributed by atoms with E-state index in [0.717, 1.165) is 17.1 Å². The zero-order valence-corrected chi connectivity index (χ0v) is 13.5. The molecule has 1 aromatic heterocycles. The summed E-state index contributed by atoms with van der Waals surface area (Å²) in [6, 6.07) is 5.66. The van der Waals surface area contributed by atoms with E-state index in [1.165, 1.54) is 12.1 Å². The molecule has 1 heterocycles. The number of amides is 1. The predicted molar refractivity (Wildman–Crippen MR) is 84.7 cm³/mol. The van der Waals surface area contributed by atoms with E-state index in [1.54, 1.807) is 23.5 Å². The summed E-state index contributed by atoms with van der Waals surface area (Å²) in [7, 11) is 0. The topological polar surface area (TPSA) is 51.2 Å². The molecule has 22 heavy (non-hydrogen) atoms. The molecule has 0 fully saturated rings. The Morgan fingerprint density at radius 3 is 2.77 bits per heavy atom. The molecule has 0 spiro atoms. The largest absolute Gasteiger partial charge is 0.491 e. The van der Waals surface area contributed by atoms with E-state index in [-0.39, 0.29) is 24.2 Å². The Labute approximate surface area is 133 Å². The molecule has 0 aliphatic rings. The fourth-order valence-corrected chi connectivity index (χ4v) is 2.62. The molecule has 1 N–H and O–H groups in total. The van der Waals surface area contributed by atoms with E-state index < -0.39 is 0 Å². The summed E-state index contributed by atoms with van der Waals surface area (Å²) in [4.78, 5) is 16.3. The van der Waals surface area contributed by atoms with Crippen molar-refractivity contribution in [3.63, 3.8) is 0 Å². The average Bonchev–Trinajstić information content (AvgIpc) is 2.94. The normalized spacial score (nSPS) is 12.0. The van der Waals surface area contributed by atoms with E-state index in [9.17, 15) is 9.18 Å². The molecule has 0 saturated carbocycles.